The fraction of sp³-hybridized carbons (Fsp3) is 0.364. The highest BCUT2D eigenvalue weighted by molar-refractivity contribution is 5.73. The van der Waals surface area contributed by atoms with Gasteiger partial charge in [-0.15, -0.1) is 0 Å². The molecular formula is C22H25F3N2O3. The van der Waals surface area contributed by atoms with Crippen LogP contribution in [0.25, 0.3) is 6.08 Å². The number of nitrogens with one attached hydrogen (secondary N) is 1. The third-order valence-corrected chi connectivity index (χ3v) is 4.58. The molecule has 1 aliphatic rings. The molecule has 0 spiro atoms. The van der Waals surface area contributed by atoms with E-state index in [1.165, 1.54) is 16.7 Å². The summed E-state index contributed by atoms with van der Waals surface area (Å²) in [6.45, 7) is 4.24. The molecule has 1 fully saturated rings. The lowest BCUT2D eigenvalue weighted by atomic mass is 9.99. The fourth-order valence-corrected chi connectivity index (χ4v) is 3.01. The van der Waals surface area contributed by atoms with Crippen molar-refractivity contribution in [2.24, 2.45) is 0 Å². The summed E-state index contributed by atoms with van der Waals surface area (Å²) in [5, 5.41) is 10.5. The molecule has 1 saturated heterocycles. The van der Waals surface area contributed by atoms with Gasteiger partial charge in [0, 0.05) is 11.8 Å². The number of methoxy groups -OCH3 is 1. The number of benzene rings is 1. The van der Waals surface area contributed by atoms with Gasteiger partial charge in [0.05, 0.1) is 7.11 Å². The minimum atomic E-state index is -5.08. The first kappa shape index (κ1) is 23.4. The highest BCUT2D eigenvalue weighted by atomic mass is 19.4. The quantitative estimate of drug-likeness (QED) is 0.765. The second kappa shape index (κ2) is 10.8. The summed E-state index contributed by atoms with van der Waals surface area (Å²) in [6, 6.07) is 12.9. The average Bonchev–Trinajstić information content (AvgIpc) is 2.70. The number of piperidine rings is 1. The van der Waals surface area contributed by atoms with Gasteiger partial charge >= 0.3 is 12.1 Å². The van der Waals surface area contributed by atoms with Gasteiger partial charge < -0.3 is 15.2 Å². The third-order valence-electron chi connectivity index (χ3n) is 4.58. The van der Waals surface area contributed by atoms with Crippen LogP contribution >= 0.6 is 0 Å². The Morgan fingerprint density at radius 2 is 1.90 bits per heavy atom. The molecule has 5 nitrogen and oxygen atoms in total. The molecule has 0 saturated carbocycles. The first-order valence-electron chi connectivity index (χ1n) is 9.48. The third kappa shape index (κ3) is 7.51. The Bertz CT molecular complexity index is 887. The number of hydrogen-bond donors (Lipinski definition) is 2. The Labute approximate surface area is 173 Å². The molecule has 3 rings (SSSR count). The van der Waals surface area contributed by atoms with Crippen molar-refractivity contribution in [3.05, 3.63) is 64.4 Å². The molecule has 2 heterocycles. The van der Waals surface area contributed by atoms with Gasteiger partial charge in [0.25, 0.3) is 0 Å². The summed E-state index contributed by atoms with van der Waals surface area (Å²) >= 11 is 0. The van der Waals surface area contributed by atoms with Crippen LogP contribution in [0.15, 0.2) is 42.0 Å². The van der Waals surface area contributed by atoms with E-state index in [4.69, 9.17) is 14.6 Å². The van der Waals surface area contributed by atoms with Crippen LogP contribution in [0.1, 0.15) is 35.2 Å². The van der Waals surface area contributed by atoms with E-state index in [2.05, 4.69) is 46.7 Å². The van der Waals surface area contributed by atoms with Gasteiger partial charge in [0.2, 0.25) is 5.88 Å². The van der Waals surface area contributed by atoms with Gasteiger partial charge in [0.1, 0.15) is 0 Å². The largest absolute Gasteiger partial charge is 0.490 e. The molecule has 1 aromatic carbocycles. The molecule has 2 aromatic rings. The summed E-state index contributed by atoms with van der Waals surface area (Å²) in [6.07, 6.45) is 0.488. The maximum atomic E-state index is 10.6. The molecule has 0 amide bonds. The molecule has 0 unspecified atom stereocenters. The topological polar surface area (TPSA) is 71.5 Å². The highest BCUT2D eigenvalue weighted by Crippen LogP contribution is 2.20. The minimum Gasteiger partial charge on any atom is -0.481 e. The Morgan fingerprint density at radius 1 is 1.23 bits per heavy atom. The number of carbonyl (C=O) groups is 1. The number of aliphatic carboxylic acids is 1. The smallest absolute Gasteiger partial charge is 0.481 e. The Hall–Kier alpha value is -2.87. The van der Waals surface area contributed by atoms with Gasteiger partial charge in [-0.3, -0.25) is 0 Å². The van der Waals surface area contributed by atoms with E-state index in [9.17, 15) is 13.2 Å². The number of ether oxygens (including phenoxy) is 1. The van der Waals surface area contributed by atoms with Crippen LogP contribution in [0, 0.1) is 6.92 Å². The zero-order valence-electron chi connectivity index (χ0n) is 16.9. The number of aryl methyl sites for hydroxylation is 1. The number of rotatable bonds is 4. The van der Waals surface area contributed by atoms with Gasteiger partial charge in [-0.2, -0.15) is 13.2 Å². The maximum Gasteiger partial charge on any atom is 0.490 e. The number of carboxylic acids is 1. The molecule has 162 valence electrons. The molecule has 2 N–H and O–H groups in total. The number of alkyl halides is 3. The van der Waals surface area contributed by atoms with Gasteiger partial charge in [-0.25, -0.2) is 9.78 Å². The fourth-order valence-electron chi connectivity index (χ4n) is 3.01. The second-order valence-corrected chi connectivity index (χ2v) is 6.88. The molecular weight excluding hydrogens is 397 g/mol. The molecule has 0 aliphatic carbocycles. The van der Waals surface area contributed by atoms with Crippen LogP contribution < -0.4 is 10.1 Å². The Morgan fingerprint density at radius 3 is 2.47 bits per heavy atom. The Kier molecular flexibility index (Phi) is 8.41. The van der Waals surface area contributed by atoms with Crippen molar-refractivity contribution in [3.63, 3.8) is 0 Å². The van der Waals surface area contributed by atoms with Crippen molar-refractivity contribution in [1.29, 1.82) is 0 Å². The van der Waals surface area contributed by atoms with E-state index < -0.39 is 12.1 Å². The lowest BCUT2D eigenvalue weighted by Crippen LogP contribution is -2.22. The number of halogens is 3. The van der Waals surface area contributed by atoms with Crippen molar-refractivity contribution >= 4 is 12.0 Å². The maximum absolute atomic E-state index is 10.6. The monoisotopic (exact) mass is 422 g/mol. The van der Waals surface area contributed by atoms with Gasteiger partial charge in [0.15, 0.2) is 0 Å². The van der Waals surface area contributed by atoms with Gasteiger partial charge in [-0.05, 0) is 56.0 Å². The standard InChI is InChI=1S/C20H24N2O.C2HF3O2/c1-15-19(6-7-20(22-15)23-2)14-18-5-3-4-17(13-18)12-16-8-10-21-11-9-16;3-2(4,5)1(6)7/h3-7,12-13,21H,8-11,14H2,1-2H3;(H,6,7). The van der Waals surface area contributed by atoms with Crippen LogP contribution in [0.2, 0.25) is 0 Å². The van der Waals surface area contributed by atoms with Crippen molar-refractivity contribution in [2.45, 2.75) is 32.4 Å². The molecule has 0 radical (unpaired) electrons. The zero-order valence-corrected chi connectivity index (χ0v) is 16.9. The highest BCUT2D eigenvalue weighted by Gasteiger charge is 2.38. The number of nitrogens with zero attached hydrogens (tertiary/aromatic N) is 1. The van der Waals surface area contributed by atoms with E-state index in [0.29, 0.717) is 5.88 Å². The van der Waals surface area contributed by atoms with E-state index >= 15 is 0 Å². The summed E-state index contributed by atoms with van der Waals surface area (Å²) in [7, 11) is 1.65. The van der Waals surface area contributed by atoms with Crippen molar-refractivity contribution in [1.82, 2.24) is 10.3 Å². The molecule has 8 heteroatoms. The lowest BCUT2D eigenvalue weighted by molar-refractivity contribution is -0.192. The van der Waals surface area contributed by atoms with E-state index in [1.807, 2.05) is 13.0 Å². The minimum absolute atomic E-state index is 0.677. The van der Waals surface area contributed by atoms with Crippen LogP contribution in [-0.4, -0.2) is 42.4 Å². The van der Waals surface area contributed by atoms with Crippen molar-refractivity contribution < 1.29 is 27.8 Å². The first-order chi connectivity index (χ1) is 14.2. The van der Waals surface area contributed by atoms with Crippen molar-refractivity contribution in [3.8, 4) is 5.88 Å². The summed E-state index contributed by atoms with van der Waals surface area (Å²) in [5.74, 6) is -2.08. The number of carboxylic acid groups (broad SMARTS) is 1. The van der Waals surface area contributed by atoms with E-state index in [-0.39, 0.29) is 0 Å². The molecule has 1 aromatic heterocycles. The predicted octanol–water partition coefficient (Wildman–Crippen LogP) is 4.39. The molecule has 0 atom stereocenters. The first-order valence-corrected chi connectivity index (χ1v) is 9.48. The average molecular weight is 422 g/mol. The molecule has 0 bridgehead atoms. The van der Waals surface area contributed by atoms with Crippen LogP contribution in [0.3, 0.4) is 0 Å². The second-order valence-electron chi connectivity index (χ2n) is 6.88. The van der Waals surface area contributed by atoms with Crippen LogP contribution in [0.4, 0.5) is 13.2 Å². The van der Waals surface area contributed by atoms with Crippen LogP contribution in [0.5, 0.6) is 5.88 Å². The molecule has 1 aliphatic heterocycles. The number of pyridine rings is 1. The zero-order chi connectivity index (χ0) is 22.1. The van der Waals surface area contributed by atoms with Gasteiger partial charge in [-0.1, -0.05) is 42.0 Å². The van der Waals surface area contributed by atoms with E-state index in [1.54, 1.807) is 12.7 Å². The normalized spacial score (nSPS) is 13.8. The van der Waals surface area contributed by atoms with Crippen molar-refractivity contribution in [2.75, 3.05) is 20.2 Å². The predicted molar refractivity (Wildman–Crippen MR) is 109 cm³/mol. The van der Waals surface area contributed by atoms with E-state index in [0.717, 1.165) is 38.0 Å². The molecule has 30 heavy (non-hydrogen) atoms. The number of aromatic nitrogens is 1. The summed E-state index contributed by atoms with van der Waals surface area (Å²) in [5.41, 5.74) is 6.45. The number of hydrogen-bond acceptors (Lipinski definition) is 4. The lowest BCUT2D eigenvalue weighted by Gasteiger charge is -2.15. The summed E-state index contributed by atoms with van der Waals surface area (Å²) < 4.78 is 36.9. The SMILES string of the molecule is COc1ccc(Cc2cccc(C=C3CCNCC3)c2)c(C)n1.O=C(O)C(F)(F)F. The summed E-state index contributed by atoms with van der Waals surface area (Å²) in [4.78, 5) is 13.4. The Balaban J connectivity index is 0.000000396. The van der Waals surface area contributed by atoms with Crippen LogP contribution in [-0.2, 0) is 11.2 Å².